The molecule has 2 N–H and O–H groups in total. The highest BCUT2D eigenvalue weighted by Crippen LogP contribution is 2.25. The third-order valence-electron chi connectivity index (χ3n) is 3.06. The van der Waals surface area contributed by atoms with Crippen LogP contribution in [0.15, 0.2) is 17.0 Å². The molecule has 1 aromatic carbocycles. The van der Waals surface area contributed by atoms with Gasteiger partial charge in [-0.1, -0.05) is 0 Å². The van der Waals surface area contributed by atoms with Crippen molar-refractivity contribution in [1.29, 1.82) is 0 Å². The van der Waals surface area contributed by atoms with Crippen LogP contribution < -0.4 is 14.8 Å². The molecule has 0 fully saturated rings. The lowest BCUT2D eigenvalue weighted by Gasteiger charge is -2.13. The Morgan fingerprint density at radius 1 is 1.05 bits per heavy atom. The van der Waals surface area contributed by atoms with E-state index in [1.165, 1.54) is 0 Å². The quantitative estimate of drug-likeness (QED) is 0.660. The molecule has 7 heteroatoms. The molecule has 0 unspecified atom stereocenters. The molecule has 0 bridgehead atoms. The maximum absolute atomic E-state index is 12.3. The Morgan fingerprint density at radius 2 is 1.76 bits per heavy atom. The summed E-state index contributed by atoms with van der Waals surface area (Å²) in [5.41, 5.74) is 1.46. The summed E-state index contributed by atoms with van der Waals surface area (Å²) in [6, 6.07) is 3.37. The fraction of sp³-hybridized carbons (Fsp3) is 0.571. The minimum atomic E-state index is -3.51. The zero-order valence-corrected chi connectivity index (χ0v) is 13.8. The van der Waals surface area contributed by atoms with E-state index in [1.54, 1.807) is 33.3 Å². The van der Waals surface area contributed by atoms with Crippen LogP contribution in [0.2, 0.25) is 0 Å². The van der Waals surface area contributed by atoms with Gasteiger partial charge in [-0.05, 0) is 37.1 Å². The van der Waals surface area contributed by atoms with Crippen LogP contribution in [0.25, 0.3) is 0 Å². The zero-order valence-electron chi connectivity index (χ0n) is 13.0. The second-order valence-electron chi connectivity index (χ2n) is 4.73. The van der Waals surface area contributed by atoms with Crippen LogP contribution in [0, 0.1) is 13.8 Å². The van der Waals surface area contributed by atoms with Crippen molar-refractivity contribution in [3.63, 3.8) is 0 Å². The summed E-state index contributed by atoms with van der Waals surface area (Å²) in [6.45, 7) is 5.76. The smallest absolute Gasteiger partial charge is 0.240 e. The van der Waals surface area contributed by atoms with Crippen molar-refractivity contribution in [2.24, 2.45) is 0 Å². The molecule has 0 atom stereocenters. The first kappa shape index (κ1) is 17.9. The van der Waals surface area contributed by atoms with Crippen molar-refractivity contribution in [2.75, 3.05) is 40.5 Å². The van der Waals surface area contributed by atoms with Gasteiger partial charge in [-0.2, -0.15) is 0 Å². The topological polar surface area (TPSA) is 76.7 Å². The van der Waals surface area contributed by atoms with E-state index >= 15 is 0 Å². The number of rotatable bonds is 9. The summed E-state index contributed by atoms with van der Waals surface area (Å²) in [4.78, 5) is 0.290. The van der Waals surface area contributed by atoms with E-state index in [9.17, 15) is 8.42 Å². The van der Waals surface area contributed by atoms with Crippen LogP contribution in [0.1, 0.15) is 11.1 Å². The van der Waals surface area contributed by atoms with Gasteiger partial charge in [0.1, 0.15) is 5.75 Å². The van der Waals surface area contributed by atoms with Crippen molar-refractivity contribution >= 4 is 10.0 Å². The van der Waals surface area contributed by atoms with Crippen LogP contribution in [0.4, 0.5) is 0 Å². The van der Waals surface area contributed by atoms with Gasteiger partial charge >= 0.3 is 0 Å². The molecule has 120 valence electrons. The molecular weight excluding hydrogens is 292 g/mol. The number of nitrogens with one attached hydrogen (secondary N) is 2. The Hall–Kier alpha value is -1.15. The van der Waals surface area contributed by atoms with E-state index in [2.05, 4.69) is 10.0 Å². The van der Waals surface area contributed by atoms with Crippen LogP contribution in [-0.2, 0) is 14.8 Å². The number of hydrogen-bond donors (Lipinski definition) is 2. The second kappa shape index (κ2) is 8.33. The highest BCUT2D eigenvalue weighted by Gasteiger charge is 2.18. The molecule has 0 heterocycles. The van der Waals surface area contributed by atoms with Gasteiger partial charge < -0.3 is 14.8 Å². The first-order chi connectivity index (χ1) is 9.92. The summed E-state index contributed by atoms with van der Waals surface area (Å²) < 4.78 is 37.3. The third-order valence-corrected chi connectivity index (χ3v) is 4.66. The number of ether oxygens (including phenoxy) is 2. The van der Waals surface area contributed by atoms with Gasteiger partial charge in [0.05, 0.1) is 18.6 Å². The summed E-state index contributed by atoms with van der Waals surface area (Å²) in [5, 5.41) is 3.08. The fourth-order valence-corrected chi connectivity index (χ4v) is 3.26. The molecule has 0 amide bonds. The van der Waals surface area contributed by atoms with Crippen molar-refractivity contribution in [3.05, 3.63) is 23.3 Å². The van der Waals surface area contributed by atoms with Gasteiger partial charge in [0.25, 0.3) is 0 Å². The van der Waals surface area contributed by atoms with E-state index in [1.807, 2.05) is 6.92 Å². The minimum absolute atomic E-state index is 0.290. The average molecular weight is 316 g/mol. The molecule has 0 radical (unpaired) electrons. The molecule has 6 nitrogen and oxygen atoms in total. The maximum atomic E-state index is 12.3. The number of benzene rings is 1. The summed E-state index contributed by atoms with van der Waals surface area (Å²) in [6.07, 6.45) is 0. The van der Waals surface area contributed by atoms with Crippen LogP contribution in [0.3, 0.4) is 0 Å². The normalized spacial score (nSPS) is 11.6. The first-order valence-corrected chi connectivity index (χ1v) is 8.25. The van der Waals surface area contributed by atoms with Crippen molar-refractivity contribution in [1.82, 2.24) is 10.0 Å². The summed E-state index contributed by atoms with van der Waals surface area (Å²) in [5.74, 6) is 0.688. The van der Waals surface area contributed by atoms with E-state index in [0.717, 1.165) is 5.56 Å². The molecule has 0 aliphatic rings. The average Bonchev–Trinajstić information content (AvgIpc) is 2.44. The Kier molecular flexibility index (Phi) is 7.10. The van der Waals surface area contributed by atoms with E-state index in [4.69, 9.17) is 9.47 Å². The fourth-order valence-electron chi connectivity index (χ4n) is 1.92. The maximum Gasteiger partial charge on any atom is 0.240 e. The summed E-state index contributed by atoms with van der Waals surface area (Å²) >= 11 is 0. The molecule has 1 aromatic rings. The number of sulfonamides is 1. The molecular formula is C14H24N2O4S. The highest BCUT2D eigenvalue weighted by molar-refractivity contribution is 7.89. The Morgan fingerprint density at radius 3 is 2.38 bits per heavy atom. The van der Waals surface area contributed by atoms with Crippen molar-refractivity contribution in [2.45, 2.75) is 18.7 Å². The van der Waals surface area contributed by atoms with Crippen LogP contribution >= 0.6 is 0 Å². The van der Waals surface area contributed by atoms with Gasteiger partial charge in [0.15, 0.2) is 0 Å². The highest BCUT2D eigenvalue weighted by atomic mass is 32.2. The molecule has 0 saturated heterocycles. The number of hydrogen-bond acceptors (Lipinski definition) is 5. The van der Waals surface area contributed by atoms with Gasteiger partial charge in [-0.3, -0.25) is 0 Å². The lowest BCUT2D eigenvalue weighted by Crippen LogP contribution is -2.33. The zero-order chi connectivity index (χ0) is 15.9. The van der Waals surface area contributed by atoms with Gasteiger partial charge in [-0.25, -0.2) is 13.1 Å². The van der Waals surface area contributed by atoms with Gasteiger partial charge in [0, 0.05) is 26.7 Å². The molecule has 0 aliphatic carbocycles. The Bertz CT molecular complexity index is 558. The largest absolute Gasteiger partial charge is 0.496 e. The molecule has 0 aromatic heterocycles. The predicted octanol–water partition coefficient (Wildman–Crippen LogP) is 0.826. The lowest BCUT2D eigenvalue weighted by atomic mass is 10.1. The monoisotopic (exact) mass is 316 g/mol. The molecule has 1 rings (SSSR count). The Balaban J connectivity index is 2.68. The summed E-state index contributed by atoms with van der Waals surface area (Å²) in [7, 11) is -0.314. The van der Waals surface area contributed by atoms with Crippen molar-refractivity contribution in [3.8, 4) is 5.75 Å². The SMILES string of the molecule is COCCNCCNS(=O)(=O)c1cc(C)c(OC)cc1C. The number of methoxy groups -OCH3 is 2. The molecule has 0 saturated carbocycles. The van der Waals surface area contributed by atoms with E-state index < -0.39 is 10.0 Å². The minimum Gasteiger partial charge on any atom is -0.496 e. The lowest BCUT2D eigenvalue weighted by molar-refractivity contribution is 0.199. The molecule has 0 spiro atoms. The molecule has 21 heavy (non-hydrogen) atoms. The van der Waals surface area contributed by atoms with Gasteiger partial charge in [-0.15, -0.1) is 0 Å². The van der Waals surface area contributed by atoms with E-state index in [0.29, 0.717) is 37.6 Å². The first-order valence-electron chi connectivity index (χ1n) is 6.77. The standard InChI is InChI=1S/C14H24N2O4S/c1-11-10-14(12(2)9-13(11)20-4)21(17,18)16-6-5-15-7-8-19-3/h9-10,15-16H,5-8H2,1-4H3. The number of aryl methyl sites for hydroxylation is 2. The van der Waals surface area contributed by atoms with Crippen molar-refractivity contribution < 1.29 is 17.9 Å². The van der Waals surface area contributed by atoms with Crippen LogP contribution in [-0.4, -0.2) is 48.9 Å². The van der Waals surface area contributed by atoms with Gasteiger partial charge in [0.2, 0.25) is 10.0 Å². The van der Waals surface area contributed by atoms with E-state index in [-0.39, 0.29) is 4.90 Å². The Labute approximate surface area is 126 Å². The van der Waals surface area contributed by atoms with Crippen LogP contribution in [0.5, 0.6) is 5.75 Å². The predicted molar refractivity (Wildman–Crippen MR) is 82.4 cm³/mol. The third kappa shape index (κ3) is 5.28. The second-order valence-corrected chi connectivity index (χ2v) is 6.46. The molecule has 0 aliphatic heterocycles.